The van der Waals surface area contributed by atoms with Crippen LogP contribution in [0.2, 0.25) is 0 Å². The second kappa shape index (κ2) is 8.85. The molecule has 0 aromatic carbocycles. The van der Waals surface area contributed by atoms with Gasteiger partial charge >= 0.3 is 0 Å². The fourth-order valence-electron chi connectivity index (χ4n) is 2.04. The summed E-state index contributed by atoms with van der Waals surface area (Å²) >= 11 is 0. The van der Waals surface area contributed by atoms with Crippen molar-refractivity contribution in [3.63, 3.8) is 0 Å². The van der Waals surface area contributed by atoms with Crippen molar-refractivity contribution in [2.45, 2.75) is 46.2 Å². The van der Waals surface area contributed by atoms with Gasteiger partial charge in [0, 0.05) is 18.9 Å². The lowest BCUT2D eigenvalue weighted by atomic mass is 10.0. The molecule has 0 spiro atoms. The maximum Gasteiger partial charge on any atom is 0.238 e. The smallest absolute Gasteiger partial charge is 0.238 e. The minimum atomic E-state index is -3.43. The highest BCUT2D eigenvalue weighted by Crippen LogP contribution is 2.07. The van der Waals surface area contributed by atoms with Crippen molar-refractivity contribution in [1.82, 2.24) is 15.0 Å². The van der Waals surface area contributed by atoms with E-state index in [-0.39, 0.29) is 17.6 Å². The van der Waals surface area contributed by atoms with Crippen LogP contribution in [0.5, 0.6) is 0 Å². The summed E-state index contributed by atoms with van der Waals surface area (Å²) in [5.41, 5.74) is 0.871. The first-order valence-corrected chi connectivity index (χ1v) is 9.16. The maximum absolute atomic E-state index is 12.3. The van der Waals surface area contributed by atoms with Gasteiger partial charge < -0.3 is 5.32 Å². The van der Waals surface area contributed by atoms with E-state index < -0.39 is 16.1 Å². The molecular formula is C15H25N3O3S. The van der Waals surface area contributed by atoms with Gasteiger partial charge in [-0.2, -0.15) is 0 Å². The summed E-state index contributed by atoms with van der Waals surface area (Å²) in [7, 11) is -3.43. The van der Waals surface area contributed by atoms with E-state index >= 15 is 0 Å². The highest BCUT2D eigenvalue weighted by Gasteiger charge is 2.24. The van der Waals surface area contributed by atoms with Crippen LogP contribution >= 0.6 is 0 Å². The number of amides is 1. The maximum atomic E-state index is 12.3. The van der Waals surface area contributed by atoms with Crippen LogP contribution in [0, 0.1) is 5.92 Å². The average molecular weight is 327 g/mol. The fourth-order valence-corrected chi connectivity index (χ4v) is 3.33. The first-order valence-electron chi connectivity index (χ1n) is 7.50. The monoisotopic (exact) mass is 327 g/mol. The van der Waals surface area contributed by atoms with E-state index in [0.29, 0.717) is 19.4 Å². The third kappa shape index (κ3) is 7.00. The number of carbonyl (C=O) groups is 1. The first kappa shape index (κ1) is 18.6. The summed E-state index contributed by atoms with van der Waals surface area (Å²) < 4.78 is 26.3. The van der Waals surface area contributed by atoms with Gasteiger partial charge in [-0.25, -0.2) is 13.1 Å². The van der Waals surface area contributed by atoms with E-state index in [2.05, 4.69) is 15.0 Å². The predicted octanol–water partition coefficient (Wildman–Crippen LogP) is 1.44. The van der Waals surface area contributed by atoms with E-state index in [0.717, 1.165) is 5.56 Å². The molecule has 0 bridgehead atoms. The number of nitrogens with one attached hydrogen (secondary N) is 2. The van der Waals surface area contributed by atoms with E-state index in [9.17, 15) is 13.2 Å². The SMILES string of the molecule is CCCS(=O)(=O)N[C@H](CC(C)C)C(=O)NCc1cccnc1. The van der Waals surface area contributed by atoms with Gasteiger partial charge in [0.1, 0.15) is 6.04 Å². The standard InChI is InChI=1S/C15H25N3O3S/c1-4-8-22(20,21)18-14(9-12(2)3)15(19)17-11-13-6-5-7-16-10-13/h5-7,10,12,14,18H,4,8-9,11H2,1-3H3,(H,17,19)/t14-/m1/s1. The summed E-state index contributed by atoms with van der Waals surface area (Å²) in [6.07, 6.45) is 4.30. The van der Waals surface area contributed by atoms with Crippen LogP contribution in [0.15, 0.2) is 24.5 Å². The van der Waals surface area contributed by atoms with Gasteiger partial charge in [-0.3, -0.25) is 9.78 Å². The van der Waals surface area contributed by atoms with Crippen LogP contribution < -0.4 is 10.0 Å². The lowest BCUT2D eigenvalue weighted by Crippen LogP contribution is -2.47. The van der Waals surface area contributed by atoms with Gasteiger partial charge in [0.15, 0.2) is 0 Å². The minimum Gasteiger partial charge on any atom is -0.351 e. The minimum absolute atomic E-state index is 0.0253. The summed E-state index contributed by atoms with van der Waals surface area (Å²) in [5, 5.41) is 2.76. The molecule has 0 aliphatic carbocycles. The zero-order valence-corrected chi connectivity index (χ0v) is 14.2. The van der Waals surface area contributed by atoms with Crippen molar-refractivity contribution in [3.05, 3.63) is 30.1 Å². The Bertz CT molecular complexity index is 559. The van der Waals surface area contributed by atoms with Crippen LogP contribution in [-0.2, 0) is 21.4 Å². The molecule has 1 aromatic rings. The highest BCUT2D eigenvalue weighted by molar-refractivity contribution is 7.89. The lowest BCUT2D eigenvalue weighted by molar-refractivity contribution is -0.123. The molecule has 1 heterocycles. The number of carbonyl (C=O) groups excluding carboxylic acids is 1. The van der Waals surface area contributed by atoms with Gasteiger partial charge in [-0.15, -0.1) is 0 Å². The van der Waals surface area contributed by atoms with Crippen molar-refractivity contribution in [1.29, 1.82) is 0 Å². The Hall–Kier alpha value is -1.47. The quantitative estimate of drug-likeness (QED) is 0.718. The van der Waals surface area contributed by atoms with Crippen LogP contribution in [0.25, 0.3) is 0 Å². The molecule has 2 N–H and O–H groups in total. The van der Waals surface area contributed by atoms with Crippen LogP contribution in [0.4, 0.5) is 0 Å². The number of nitrogens with zero attached hydrogens (tertiary/aromatic N) is 1. The molecule has 0 radical (unpaired) electrons. The Kier molecular flexibility index (Phi) is 7.47. The Morgan fingerprint density at radius 3 is 2.64 bits per heavy atom. The van der Waals surface area contributed by atoms with E-state index in [1.54, 1.807) is 25.4 Å². The van der Waals surface area contributed by atoms with Crippen molar-refractivity contribution < 1.29 is 13.2 Å². The molecule has 0 fully saturated rings. The number of hydrogen-bond donors (Lipinski definition) is 2. The molecule has 22 heavy (non-hydrogen) atoms. The van der Waals surface area contributed by atoms with Gasteiger partial charge in [0.2, 0.25) is 15.9 Å². The van der Waals surface area contributed by atoms with Crippen LogP contribution in [0.3, 0.4) is 0 Å². The molecule has 0 aliphatic rings. The Morgan fingerprint density at radius 1 is 1.36 bits per heavy atom. The number of hydrogen-bond acceptors (Lipinski definition) is 4. The molecule has 6 nitrogen and oxygen atoms in total. The van der Waals surface area contributed by atoms with Crippen LogP contribution in [0.1, 0.15) is 39.2 Å². The molecule has 1 atom stereocenters. The zero-order valence-electron chi connectivity index (χ0n) is 13.4. The van der Waals surface area contributed by atoms with Crippen molar-refractivity contribution in [3.8, 4) is 0 Å². The molecule has 0 saturated heterocycles. The molecule has 124 valence electrons. The first-order chi connectivity index (χ1) is 10.3. The van der Waals surface area contributed by atoms with Crippen molar-refractivity contribution >= 4 is 15.9 Å². The number of sulfonamides is 1. The Labute approximate surface area is 132 Å². The van der Waals surface area contributed by atoms with Gasteiger partial charge in [0.05, 0.1) is 5.75 Å². The summed E-state index contributed by atoms with van der Waals surface area (Å²) in [5.74, 6) is -0.0759. The fraction of sp³-hybridized carbons (Fsp3) is 0.600. The molecule has 1 rings (SSSR count). The Balaban J connectivity index is 2.68. The van der Waals surface area contributed by atoms with E-state index in [1.807, 2.05) is 19.9 Å². The molecule has 1 aromatic heterocycles. The predicted molar refractivity (Wildman–Crippen MR) is 86.5 cm³/mol. The molecule has 0 aliphatic heterocycles. The highest BCUT2D eigenvalue weighted by atomic mass is 32.2. The molecule has 1 amide bonds. The number of rotatable bonds is 9. The second-order valence-electron chi connectivity index (χ2n) is 5.70. The Morgan fingerprint density at radius 2 is 2.09 bits per heavy atom. The van der Waals surface area contributed by atoms with Crippen molar-refractivity contribution in [2.24, 2.45) is 5.92 Å². The van der Waals surface area contributed by atoms with Crippen LogP contribution in [-0.4, -0.2) is 31.1 Å². The second-order valence-corrected chi connectivity index (χ2v) is 7.57. The van der Waals surface area contributed by atoms with Gasteiger partial charge in [0.25, 0.3) is 0 Å². The number of pyridine rings is 1. The lowest BCUT2D eigenvalue weighted by Gasteiger charge is -2.20. The number of aromatic nitrogens is 1. The van der Waals surface area contributed by atoms with E-state index in [4.69, 9.17) is 0 Å². The zero-order chi connectivity index (χ0) is 16.6. The summed E-state index contributed by atoms with van der Waals surface area (Å²) in [6.45, 7) is 6.03. The third-order valence-electron chi connectivity index (χ3n) is 3.01. The molecule has 0 unspecified atom stereocenters. The van der Waals surface area contributed by atoms with E-state index in [1.165, 1.54) is 0 Å². The summed E-state index contributed by atoms with van der Waals surface area (Å²) in [6, 6.07) is 2.90. The topological polar surface area (TPSA) is 88.2 Å². The summed E-state index contributed by atoms with van der Waals surface area (Å²) in [4.78, 5) is 16.3. The molecule has 7 heteroatoms. The largest absolute Gasteiger partial charge is 0.351 e. The molecular weight excluding hydrogens is 302 g/mol. The van der Waals surface area contributed by atoms with Crippen molar-refractivity contribution in [2.75, 3.05) is 5.75 Å². The molecule has 0 saturated carbocycles. The van der Waals surface area contributed by atoms with Gasteiger partial charge in [-0.05, 0) is 30.4 Å². The third-order valence-corrected chi connectivity index (χ3v) is 4.60. The average Bonchev–Trinajstić information content (AvgIpc) is 2.44. The normalized spacial score (nSPS) is 13.1. The van der Waals surface area contributed by atoms with Gasteiger partial charge in [-0.1, -0.05) is 26.8 Å².